The Morgan fingerprint density at radius 1 is 0.833 bits per heavy atom. The highest BCUT2D eigenvalue weighted by molar-refractivity contribution is 6.07. The van der Waals surface area contributed by atoms with Crippen LogP contribution in [0.15, 0.2) is 103 Å². The molecule has 0 fully saturated rings. The number of hydrogen-bond donors (Lipinski definition) is 0. The molecule has 0 saturated carbocycles. The average molecular weight is 559 g/mol. The number of methoxy groups -OCH3 is 1. The number of ether oxygens (including phenoxy) is 2. The SMILES string of the molecule is COc1ccc(C(=O)CN2C(=O)COc3ccc(-c4cc(-c5ccc(F)cc5)cc(-c5ccc(C)cc5)n4)cc32)cc1. The number of fused-ring (bicyclic) bond motifs is 1. The highest BCUT2D eigenvalue weighted by Gasteiger charge is 2.28. The Morgan fingerprint density at radius 2 is 1.48 bits per heavy atom. The molecule has 1 aliphatic heterocycles. The third kappa shape index (κ3) is 5.49. The predicted molar refractivity (Wildman–Crippen MR) is 160 cm³/mol. The average Bonchev–Trinajstić information content (AvgIpc) is 3.02. The van der Waals surface area contributed by atoms with Gasteiger partial charge in [-0.3, -0.25) is 14.5 Å². The van der Waals surface area contributed by atoms with Crippen molar-refractivity contribution in [1.29, 1.82) is 0 Å². The van der Waals surface area contributed by atoms with Crippen LogP contribution in [0.25, 0.3) is 33.6 Å². The van der Waals surface area contributed by atoms with E-state index in [1.54, 1.807) is 49.6 Å². The van der Waals surface area contributed by atoms with E-state index in [2.05, 4.69) is 0 Å². The van der Waals surface area contributed by atoms with Crippen molar-refractivity contribution in [2.24, 2.45) is 0 Å². The number of anilines is 1. The Labute approximate surface area is 243 Å². The Kier molecular flexibility index (Phi) is 7.23. The van der Waals surface area contributed by atoms with Crippen LogP contribution < -0.4 is 14.4 Å². The molecule has 1 amide bonds. The van der Waals surface area contributed by atoms with Gasteiger partial charge in [0.25, 0.3) is 5.91 Å². The zero-order valence-corrected chi connectivity index (χ0v) is 23.1. The van der Waals surface area contributed by atoms with Crippen LogP contribution in [0.4, 0.5) is 10.1 Å². The molecule has 0 bridgehead atoms. The zero-order chi connectivity index (χ0) is 29.2. The van der Waals surface area contributed by atoms with Crippen molar-refractivity contribution in [3.63, 3.8) is 0 Å². The molecule has 0 radical (unpaired) electrons. The summed E-state index contributed by atoms with van der Waals surface area (Å²) in [5, 5.41) is 0. The first kappa shape index (κ1) is 26.9. The predicted octanol–water partition coefficient (Wildman–Crippen LogP) is 7.15. The molecule has 0 aliphatic carbocycles. The summed E-state index contributed by atoms with van der Waals surface area (Å²) in [4.78, 5) is 32.6. The molecule has 0 saturated heterocycles. The summed E-state index contributed by atoms with van der Waals surface area (Å²) in [6.45, 7) is 1.74. The fourth-order valence-electron chi connectivity index (χ4n) is 4.91. The standard InChI is InChI=1S/C35H27FN2O4/c1-22-3-5-24(6-4-22)30-17-27(23-7-12-28(36)13-8-23)18-31(37-30)26-11-16-34-32(19-26)38(35(40)21-42-34)20-33(39)25-9-14-29(41-2)15-10-25/h3-19H,20-21H2,1-2H3. The molecule has 7 heteroatoms. The van der Waals surface area contributed by atoms with Crippen LogP contribution in [-0.4, -0.2) is 36.9 Å². The third-order valence-electron chi connectivity index (χ3n) is 7.26. The molecule has 208 valence electrons. The molecule has 4 aromatic carbocycles. The van der Waals surface area contributed by atoms with Gasteiger partial charge < -0.3 is 9.47 Å². The molecule has 1 aliphatic rings. The summed E-state index contributed by atoms with van der Waals surface area (Å²) in [5.41, 5.74) is 6.92. The molecule has 42 heavy (non-hydrogen) atoms. The fraction of sp³-hybridized carbons (Fsp3) is 0.114. The van der Waals surface area contributed by atoms with E-state index in [-0.39, 0.29) is 30.7 Å². The van der Waals surface area contributed by atoms with Gasteiger partial charge in [0.05, 0.1) is 30.7 Å². The van der Waals surface area contributed by atoms with Gasteiger partial charge in [0.1, 0.15) is 17.3 Å². The lowest BCUT2D eigenvalue weighted by Crippen LogP contribution is -2.42. The van der Waals surface area contributed by atoms with Gasteiger partial charge in [-0.15, -0.1) is 0 Å². The van der Waals surface area contributed by atoms with Crippen LogP contribution in [-0.2, 0) is 4.79 Å². The molecule has 0 atom stereocenters. The zero-order valence-electron chi connectivity index (χ0n) is 23.1. The normalized spacial score (nSPS) is 12.5. The second-order valence-electron chi connectivity index (χ2n) is 10.1. The Balaban J connectivity index is 1.40. The van der Waals surface area contributed by atoms with Gasteiger partial charge in [-0.1, -0.05) is 42.0 Å². The Hall–Kier alpha value is -5.30. The topological polar surface area (TPSA) is 68.7 Å². The second kappa shape index (κ2) is 11.3. The quantitative estimate of drug-likeness (QED) is 0.199. The lowest BCUT2D eigenvalue weighted by molar-refractivity contribution is -0.121. The summed E-state index contributed by atoms with van der Waals surface area (Å²) in [7, 11) is 1.56. The number of amides is 1. The molecule has 0 unspecified atom stereocenters. The minimum absolute atomic E-state index is 0.136. The van der Waals surface area contributed by atoms with Gasteiger partial charge >= 0.3 is 0 Å². The van der Waals surface area contributed by atoms with Crippen molar-refractivity contribution in [3.05, 3.63) is 120 Å². The van der Waals surface area contributed by atoms with Crippen molar-refractivity contribution in [1.82, 2.24) is 4.98 Å². The van der Waals surface area contributed by atoms with E-state index in [4.69, 9.17) is 14.5 Å². The van der Waals surface area contributed by atoms with Crippen LogP contribution in [0.3, 0.4) is 0 Å². The van der Waals surface area contributed by atoms with E-state index < -0.39 is 0 Å². The number of rotatable bonds is 7. The van der Waals surface area contributed by atoms with E-state index in [1.165, 1.54) is 17.0 Å². The number of aryl methyl sites for hydroxylation is 1. The maximum Gasteiger partial charge on any atom is 0.265 e. The molecular formula is C35H27FN2O4. The van der Waals surface area contributed by atoms with E-state index in [9.17, 15) is 14.0 Å². The lowest BCUT2D eigenvalue weighted by atomic mass is 9.99. The molecular weight excluding hydrogens is 531 g/mol. The Bertz CT molecular complexity index is 1720. The first-order valence-corrected chi connectivity index (χ1v) is 13.5. The third-order valence-corrected chi connectivity index (χ3v) is 7.26. The van der Waals surface area contributed by atoms with Gasteiger partial charge in [-0.2, -0.15) is 0 Å². The number of ketones is 1. The fourth-order valence-corrected chi connectivity index (χ4v) is 4.91. The van der Waals surface area contributed by atoms with E-state index in [0.717, 1.165) is 33.5 Å². The maximum absolute atomic E-state index is 13.7. The van der Waals surface area contributed by atoms with E-state index >= 15 is 0 Å². The smallest absolute Gasteiger partial charge is 0.265 e. The van der Waals surface area contributed by atoms with Gasteiger partial charge in [0.2, 0.25) is 0 Å². The number of hydrogen-bond acceptors (Lipinski definition) is 5. The molecule has 6 nitrogen and oxygen atoms in total. The number of carbonyl (C=O) groups is 2. The molecule has 6 rings (SSSR count). The first-order valence-electron chi connectivity index (χ1n) is 13.5. The number of Topliss-reactive ketones (excluding diaryl/α,β-unsaturated/α-hetero) is 1. The minimum atomic E-state index is -0.310. The van der Waals surface area contributed by atoms with Crippen LogP contribution in [0.1, 0.15) is 15.9 Å². The Morgan fingerprint density at radius 3 is 2.17 bits per heavy atom. The van der Waals surface area contributed by atoms with Crippen LogP contribution in [0.5, 0.6) is 11.5 Å². The lowest BCUT2D eigenvalue weighted by Gasteiger charge is -2.29. The van der Waals surface area contributed by atoms with Crippen molar-refractivity contribution in [2.75, 3.05) is 25.2 Å². The molecule has 5 aromatic rings. The summed E-state index contributed by atoms with van der Waals surface area (Å²) < 4.78 is 24.6. The van der Waals surface area contributed by atoms with Crippen LogP contribution in [0.2, 0.25) is 0 Å². The molecule has 2 heterocycles. The highest BCUT2D eigenvalue weighted by Crippen LogP contribution is 2.38. The van der Waals surface area contributed by atoms with E-state index in [1.807, 2.05) is 55.5 Å². The number of halogens is 1. The number of carbonyl (C=O) groups excluding carboxylic acids is 2. The number of nitrogens with zero attached hydrogens (tertiary/aromatic N) is 2. The summed E-state index contributed by atoms with van der Waals surface area (Å²) in [5.74, 6) is 0.325. The minimum Gasteiger partial charge on any atom is -0.497 e. The number of aromatic nitrogens is 1. The van der Waals surface area contributed by atoms with Gasteiger partial charge in [-0.05, 0) is 84.8 Å². The largest absolute Gasteiger partial charge is 0.497 e. The van der Waals surface area contributed by atoms with Gasteiger partial charge in [-0.25, -0.2) is 9.37 Å². The molecule has 0 spiro atoms. The first-order chi connectivity index (χ1) is 20.4. The second-order valence-corrected chi connectivity index (χ2v) is 10.1. The monoisotopic (exact) mass is 558 g/mol. The van der Waals surface area contributed by atoms with Crippen LogP contribution >= 0.6 is 0 Å². The van der Waals surface area contributed by atoms with Crippen molar-refractivity contribution >= 4 is 17.4 Å². The molecule has 0 N–H and O–H groups in total. The van der Waals surface area contributed by atoms with Crippen molar-refractivity contribution in [3.8, 4) is 45.1 Å². The highest BCUT2D eigenvalue weighted by atomic mass is 19.1. The van der Waals surface area contributed by atoms with Crippen LogP contribution in [0, 0.1) is 12.7 Å². The number of pyridine rings is 1. The summed E-state index contributed by atoms with van der Waals surface area (Å²) in [6.07, 6.45) is 0. The summed E-state index contributed by atoms with van der Waals surface area (Å²) >= 11 is 0. The summed E-state index contributed by atoms with van der Waals surface area (Å²) in [6, 6.07) is 30.6. The number of benzene rings is 4. The van der Waals surface area contributed by atoms with Gasteiger partial charge in [0, 0.05) is 16.7 Å². The van der Waals surface area contributed by atoms with E-state index in [0.29, 0.717) is 28.4 Å². The molecule has 1 aromatic heterocycles. The van der Waals surface area contributed by atoms with Gasteiger partial charge in [0.15, 0.2) is 12.4 Å². The maximum atomic E-state index is 13.7. The van der Waals surface area contributed by atoms with Crippen molar-refractivity contribution < 1.29 is 23.5 Å². The van der Waals surface area contributed by atoms with Crippen molar-refractivity contribution in [2.45, 2.75) is 6.92 Å².